The van der Waals surface area contributed by atoms with Gasteiger partial charge in [-0.15, -0.1) is 10.2 Å². The molecule has 1 aliphatic carbocycles. The van der Waals surface area contributed by atoms with Crippen molar-refractivity contribution < 1.29 is 28.2 Å². The van der Waals surface area contributed by atoms with Crippen molar-refractivity contribution in [2.24, 2.45) is 16.7 Å². The van der Waals surface area contributed by atoms with E-state index in [0.717, 1.165) is 77.7 Å². The largest absolute Gasteiger partial charge is 0.434 e. The number of nitrogens with zero attached hydrogens (tertiary/aromatic N) is 6. The Bertz CT molecular complexity index is 1500. The van der Waals surface area contributed by atoms with Crippen molar-refractivity contribution in [2.45, 2.75) is 90.3 Å². The van der Waals surface area contributed by atoms with E-state index < -0.39 is 11.2 Å². The molecule has 6 rings (SSSR count). The minimum atomic E-state index is -0.589. The van der Waals surface area contributed by atoms with Gasteiger partial charge >= 0.3 is 0 Å². The molecule has 274 valence electrons. The lowest BCUT2D eigenvalue weighted by Crippen LogP contribution is -2.61. The fourth-order valence-corrected chi connectivity index (χ4v) is 9.10. The zero-order valence-corrected chi connectivity index (χ0v) is 30.5. The molecule has 2 spiro atoms. The molecule has 12 nitrogen and oxygen atoms in total. The van der Waals surface area contributed by atoms with Gasteiger partial charge in [-0.1, -0.05) is 0 Å². The molecule has 50 heavy (non-hydrogen) atoms. The average Bonchev–Trinajstić information content (AvgIpc) is 3.32. The van der Waals surface area contributed by atoms with Crippen LogP contribution in [0.25, 0.3) is 0 Å². The lowest BCUT2D eigenvalue weighted by Gasteiger charge is -2.54. The fraction of sp³-hybridized carbons (Fsp3) is 0.703. The van der Waals surface area contributed by atoms with E-state index in [1.54, 1.807) is 19.1 Å². The number of benzene rings is 1. The minimum Gasteiger partial charge on any atom is -0.434 e. The van der Waals surface area contributed by atoms with Crippen LogP contribution in [0.2, 0.25) is 0 Å². The quantitative estimate of drug-likeness (QED) is 0.335. The molecule has 4 fully saturated rings. The van der Waals surface area contributed by atoms with Crippen LogP contribution in [0.4, 0.5) is 10.2 Å². The second kappa shape index (κ2) is 14.7. The first-order chi connectivity index (χ1) is 23.9. The second-order valence-electron chi connectivity index (χ2n) is 15.9. The second-order valence-corrected chi connectivity index (χ2v) is 15.9. The minimum absolute atomic E-state index is 0.0712. The summed E-state index contributed by atoms with van der Waals surface area (Å²) < 4.78 is 31.5. The number of anilines is 1. The lowest BCUT2D eigenvalue weighted by atomic mass is 9.70. The maximum Gasteiger partial charge on any atom is 0.282 e. The molecule has 1 aromatic carbocycles. The van der Waals surface area contributed by atoms with Crippen LogP contribution in [-0.4, -0.2) is 115 Å². The molecule has 2 aromatic rings. The van der Waals surface area contributed by atoms with Crippen molar-refractivity contribution in [3.63, 3.8) is 0 Å². The molecular weight excluding hydrogens is 641 g/mol. The molecule has 1 N–H and O–H groups in total. The highest BCUT2D eigenvalue weighted by atomic mass is 19.1. The van der Waals surface area contributed by atoms with Crippen LogP contribution in [-0.2, 0) is 14.3 Å². The molecule has 4 aliphatic rings. The summed E-state index contributed by atoms with van der Waals surface area (Å²) in [7, 11) is 3.31. The summed E-state index contributed by atoms with van der Waals surface area (Å²) in [5, 5.41) is 11.6. The Labute approximate surface area is 295 Å². The van der Waals surface area contributed by atoms with Crippen molar-refractivity contribution in [1.82, 2.24) is 30.3 Å². The fourth-order valence-electron chi connectivity index (χ4n) is 9.10. The number of likely N-dealkylation sites (tertiary alicyclic amines) is 1. The van der Waals surface area contributed by atoms with Crippen molar-refractivity contribution >= 4 is 17.6 Å². The normalized spacial score (nSPS) is 24.5. The van der Waals surface area contributed by atoms with Crippen molar-refractivity contribution in [3.05, 3.63) is 35.9 Å². The zero-order valence-electron chi connectivity index (χ0n) is 30.5. The number of hydrogen-bond donors (Lipinski definition) is 1. The summed E-state index contributed by atoms with van der Waals surface area (Å²) in [4.78, 5) is 37.6. The number of piperidine rings is 1. The van der Waals surface area contributed by atoms with Crippen LogP contribution < -0.4 is 15.0 Å². The topological polar surface area (TPSA) is 122 Å². The van der Waals surface area contributed by atoms with Gasteiger partial charge in [-0.2, -0.15) is 0 Å². The number of hydrogen-bond acceptors (Lipinski definition) is 10. The molecule has 0 unspecified atom stereocenters. The third-order valence-electron chi connectivity index (χ3n) is 11.5. The molecule has 0 radical (unpaired) electrons. The van der Waals surface area contributed by atoms with Gasteiger partial charge in [0.05, 0.1) is 24.2 Å². The lowest BCUT2D eigenvalue weighted by molar-refractivity contribution is -0.133. The Kier molecular flexibility index (Phi) is 10.7. The number of rotatable bonds is 12. The molecule has 13 heteroatoms. The summed E-state index contributed by atoms with van der Waals surface area (Å²) >= 11 is 0. The van der Waals surface area contributed by atoms with Gasteiger partial charge < -0.3 is 34.2 Å². The maximum atomic E-state index is 14.4. The van der Waals surface area contributed by atoms with Gasteiger partial charge in [0.2, 0.25) is 5.91 Å². The van der Waals surface area contributed by atoms with E-state index in [1.807, 2.05) is 27.7 Å². The Morgan fingerprint density at radius 3 is 2.32 bits per heavy atom. The first-order valence-corrected chi connectivity index (χ1v) is 18.2. The van der Waals surface area contributed by atoms with Gasteiger partial charge in [0.1, 0.15) is 17.9 Å². The van der Waals surface area contributed by atoms with Crippen LogP contribution in [0.1, 0.15) is 83.0 Å². The Balaban J connectivity index is 1.02. The molecule has 1 saturated carbocycles. The van der Waals surface area contributed by atoms with E-state index in [2.05, 4.69) is 30.3 Å². The number of carbonyl (C=O) groups is 2. The molecule has 0 atom stereocenters. The highest BCUT2D eigenvalue weighted by molar-refractivity contribution is 5.97. The summed E-state index contributed by atoms with van der Waals surface area (Å²) in [6.07, 6.45) is 8.65. The number of methoxy groups -OCH3 is 2. The predicted molar refractivity (Wildman–Crippen MR) is 187 cm³/mol. The Morgan fingerprint density at radius 2 is 1.70 bits per heavy atom. The number of halogens is 1. The SMILES string of the molecule is COCC1(COC)CC2(CCC(CN3CCC4(CC3)CN(c3ncnnc3Oc3ccc(F)cc3C(=O)N(C(C)C)C(C)C)C4)CC2)NC1=O. The van der Waals surface area contributed by atoms with E-state index in [1.165, 1.54) is 24.5 Å². The predicted octanol–water partition coefficient (Wildman–Crippen LogP) is 4.69. The van der Waals surface area contributed by atoms with Gasteiger partial charge in [-0.25, -0.2) is 9.37 Å². The third-order valence-corrected chi connectivity index (χ3v) is 11.5. The van der Waals surface area contributed by atoms with E-state index in [4.69, 9.17) is 14.2 Å². The molecule has 2 amide bonds. The van der Waals surface area contributed by atoms with Gasteiger partial charge in [0, 0.05) is 56.9 Å². The van der Waals surface area contributed by atoms with Gasteiger partial charge in [0.15, 0.2) is 5.82 Å². The van der Waals surface area contributed by atoms with Crippen molar-refractivity contribution in [1.29, 1.82) is 0 Å². The summed E-state index contributed by atoms with van der Waals surface area (Å²) in [5.74, 6) is 0.898. The number of nitrogens with one attached hydrogen (secondary N) is 1. The monoisotopic (exact) mass is 695 g/mol. The molecule has 4 heterocycles. The van der Waals surface area contributed by atoms with Crippen LogP contribution >= 0.6 is 0 Å². The highest BCUT2D eigenvalue weighted by Gasteiger charge is 2.55. The maximum absolute atomic E-state index is 14.4. The average molecular weight is 696 g/mol. The molecule has 3 saturated heterocycles. The van der Waals surface area contributed by atoms with E-state index in [-0.39, 0.29) is 52.0 Å². The molecular formula is C37H54FN7O5. The van der Waals surface area contributed by atoms with Crippen LogP contribution in [0.15, 0.2) is 24.5 Å². The van der Waals surface area contributed by atoms with Gasteiger partial charge in [0.25, 0.3) is 11.8 Å². The third kappa shape index (κ3) is 7.32. The first-order valence-electron chi connectivity index (χ1n) is 18.2. The Morgan fingerprint density at radius 1 is 1.04 bits per heavy atom. The number of amides is 2. The smallest absolute Gasteiger partial charge is 0.282 e. The van der Waals surface area contributed by atoms with Crippen LogP contribution in [0.3, 0.4) is 0 Å². The Hall–Kier alpha value is -3.42. The first kappa shape index (κ1) is 36.4. The van der Waals surface area contributed by atoms with Crippen molar-refractivity contribution in [3.8, 4) is 11.6 Å². The van der Waals surface area contributed by atoms with Gasteiger partial charge in [-0.05, 0) is 110 Å². The van der Waals surface area contributed by atoms with Gasteiger partial charge in [-0.3, -0.25) is 9.59 Å². The zero-order chi connectivity index (χ0) is 35.7. The van der Waals surface area contributed by atoms with E-state index in [9.17, 15) is 14.0 Å². The summed E-state index contributed by atoms with van der Waals surface area (Å²) in [5.41, 5.74) is -0.375. The standard InChI is InChI=1S/C37H54FN7O5/c1-25(2)45(26(3)4)33(46)29-17-28(38)7-8-30(29)50-32-31(39-24-40-42-32)44-20-35(21-44)13-15-43(16-14-35)18-27-9-11-37(12-10-27)19-36(22-48-5,23-49-6)34(47)41-37/h7-8,17,24-27H,9-16,18-23H2,1-6H3,(H,41,47). The molecule has 3 aliphatic heterocycles. The number of carbonyl (C=O) groups excluding carboxylic acids is 2. The molecule has 0 bridgehead atoms. The van der Waals surface area contributed by atoms with E-state index in [0.29, 0.717) is 24.9 Å². The van der Waals surface area contributed by atoms with Crippen LogP contribution in [0.5, 0.6) is 11.6 Å². The number of ether oxygens (including phenoxy) is 3. The number of aromatic nitrogens is 3. The van der Waals surface area contributed by atoms with E-state index >= 15 is 0 Å². The summed E-state index contributed by atoms with van der Waals surface area (Å²) in [6, 6.07) is 3.83. The summed E-state index contributed by atoms with van der Waals surface area (Å²) in [6.45, 7) is 13.4. The highest BCUT2D eigenvalue weighted by Crippen LogP contribution is 2.47. The van der Waals surface area contributed by atoms with Crippen molar-refractivity contribution in [2.75, 3.05) is 65.1 Å². The molecule has 1 aromatic heterocycles. The van der Waals surface area contributed by atoms with Crippen LogP contribution in [0, 0.1) is 22.6 Å².